The van der Waals surface area contributed by atoms with Gasteiger partial charge >= 0.3 is 5.97 Å². The molecule has 2 N–H and O–H groups in total. The van der Waals surface area contributed by atoms with Crippen molar-refractivity contribution in [1.82, 2.24) is 0 Å². The molecule has 1 aromatic heterocycles. The largest absolute Gasteiger partial charge is 0.463 e. The third-order valence-electron chi connectivity index (χ3n) is 3.78. The molecule has 0 spiro atoms. The van der Waals surface area contributed by atoms with E-state index < -0.39 is 11.9 Å². The van der Waals surface area contributed by atoms with E-state index in [1.54, 1.807) is 6.92 Å². The van der Waals surface area contributed by atoms with E-state index in [-0.39, 0.29) is 18.1 Å². The van der Waals surface area contributed by atoms with Crippen LogP contribution in [-0.4, -0.2) is 12.6 Å². The maximum Gasteiger partial charge on any atom is 0.338 e. The van der Waals surface area contributed by atoms with E-state index in [1.807, 2.05) is 47.8 Å². The lowest BCUT2D eigenvalue weighted by atomic mass is 9.86. The van der Waals surface area contributed by atoms with Crippen molar-refractivity contribution in [3.05, 3.63) is 75.3 Å². The lowest BCUT2D eigenvalue weighted by Gasteiger charge is -2.27. The van der Waals surface area contributed by atoms with Gasteiger partial charge in [0.05, 0.1) is 18.1 Å². The van der Waals surface area contributed by atoms with Gasteiger partial charge in [-0.1, -0.05) is 36.4 Å². The SMILES string of the molecule is CCOC(=O)C1=C(c2ccccc2)OC(N)=C(C#N)[C@H]1c1cccs1. The number of ether oxygens (including phenoxy) is 2. The highest BCUT2D eigenvalue weighted by Crippen LogP contribution is 2.44. The Morgan fingerprint density at radius 1 is 1.32 bits per heavy atom. The van der Waals surface area contributed by atoms with Gasteiger partial charge in [-0.15, -0.1) is 11.3 Å². The van der Waals surface area contributed by atoms with Gasteiger partial charge in [0.25, 0.3) is 0 Å². The Labute approximate surface area is 149 Å². The summed E-state index contributed by atoms with van der Waals surface area (Å²) in [5.74, 6) is -0.783. The summed E-state index contributed by atoms with van der Waals surface area (Å²) in [7, 11) is 0. The van der Waals surface area contributed by atoms with Crippen molar-refractivity contribution in [2.24, 2.45) is 5.73 Å². The first-order chi connectivity index (χ1) is 12.2. The third kappa shape index (κ3) is 3.14. The summed E-state index contributed by atoms with van der Waals surface area (Å²) >= 11 is 1.45. The zero-order valence-electron chi connectivity index (χ0n) is 13.6. The van der Waals surface area contributed by atoms with Crippen LogP contribution in [0.25, 0.3) is 5.76 Å². The number of nitrogens with two attached hydrogens (primary N) is 1. The van der Waals surface area contributed by atoms with Crippen LogP contribution in [0.2, 0.25) is 0 Å². The van der Waals surface area contributed by atoms with Gasteiger partial charge in [-0.05, 0) is 18.4 Å². The van der Waals surface area contributed by atoms with Crippen LogP contribution in [0, 0.1) is 11.3 Å². The lowest BCUT2D eigenvalue weighted by molar-refractivity contribution is -0.138. The highest BCUT2D eigenvalue weighted by Gasteiger charge is 2.38. The zero-order valence-corrected chi connectivity index (χ0v) is 14.4. The highest BCUT2D eigenvalue weighted by molar-refractivity contribution is 7.10. The smallest absolute Gasteiger partial charge is 0.338 e. The number of hydrogen-bond donors (Lipinski definition) is 1. The molecule has 25 heavy (non-hydrogen) atoms. The van der Waals surface area contributed by atoms with Crippen molar-refractivity contribution >= 4 is 23.1 Å². The molecule has 6 heteroatoms. The normalized spacial score (nSPS) is 17.0. The van der Waals surface area contributed by atoms with Gasteiger partial charge in [-0.25, -0.2) is 4.79 Å². The summed E-state index contributed by atoms with van der Waals surface area (Å²) in [5, 5.41) is 11.5. The summed E-state index contributed by atoms with van der Waals surface area (Å²) in [6, 6.07) is 15.0. The van der Waals surface area contributed by atoms with Gasteiger partial charge < -0.3 is 15.2 Å². The molecule has 0 bridgehead atoms. The molecule has 5 nitrogen and oxygen atoms in total. The van der Waals surface area contributed by atoms with Gasteiger partial charge in [0.2, 0.25) is 5.88 Å². The molecule has 126 valence electrons. The predicted octanol–water partition coefficient (Wildman–Crippen LogP) is 3.53. The number of allylic oxidation sites excluding steroid dienone is 1. The van der Waals surface area contributed by atoms with E-state index in [1.165, 1.54) is 11.3 Å². The number of thiophene rings is 1. The average Bonchev–Trinajstić information content (AvgIpc) is 3.16. The minimum Gasteiger partial charge on any atom is -0.463 e. The molecule has 1 aromatic carbocycles. The number of hydrogen-bond acceptors (Lipinski definition) is 6. The van der Waals surface area contributed by atoms with Gasteiger partial charge in [0.1, 0.15) is 17.4 Å². The molecule has 0 radical (unpaired) electrons. The number of benzene rings is 1. The average molecular weight is 352 g/mol. The minimum absolute atomic E-state index is 0.00722. The van der Waals surface area contributed by atoms with Crippen LogP contribution < -0.4 is 5.73 Å². The van der Waals surface area contributed by atoms with E-state index in [9.17, 15) is 10.1 Å². The topological polar surface area (TPSA) is 85.3 Å². The number of nitriles is 1. The Morgan fingerprint density at radius 3 is 2.68 bits per heavy atom. The number of carbonyl (C=O) groups is 1. The molecule has 1 aliphatic rings. The Morgan fingerprint density at radius 2 is 2.08 bits per heavy atom. The first-order valence-electron chi connectivity index (χ1n) is 7.75. The molecule has 0 saturated carbocycles. The summed E-state index contributed by atoms with van der Waals surface area (Å²) in [5.41, 5.74) is 7.21. The quantitative estimate of drug-likeness (QED) is 0.851. The van der Waals surface area contributed by atoms with Crippen molar-refractivity contribution in [2.75, 3.05) is 6.61 Å². The molecule has 0 unspecified atom stereocenters. The van der Waals surface area contributed by atoms with Crippen molar-refractivity contribution in [1.29, 1.82) is 5.26 Å². The Hall–Kier alpha value is -3.04. The van der Waals surface area contributed by atoms with E-state index in [0.717, 1.165) is 4.88 Å². The molecule has 0 aliphatic carbocycles. The van der Waals surface area contributed by atoms with Crippen LogP contribution in [0.3, 0.4) is 0 Å². The Kier molecular flexibility index (Phi) is 4.87. The number of rotatable bonds is 4. The fourth-order valence-corrected chi connectivity index (χ4v) is 3.56. The zero-order chi connectivity index (χ0) is 17.8. The van der Waals surface area contributed by atoms with Crippen molar-refractivity contribution in [3.63, 3.8) is 0 Å². The van der Waals surface area contributed by atoms with Gasteiger partial charge in [-0.3, -0.25) is 0 Å². The molecule has 0 fully saturated rings. The molecule has 3 rings (SSSR count). The molecule has 2 aromatic rings. The molecular formula is C19H16N2O3S. The summed E-state index contributed by atoms with van der Waals surface area (Å²) in [4.78, 5) is 13.6. The van der Waals surface area contributed by atoms with Gasteiger partial charge in [-0.2, -0.15) is 5.26 Å². The van der Waals surface area contributed by atoms with Crippen molar-refractivity contribution in [3.8, 4) is 6.07 Å². The first kappa shape index (κ1) is 16.8. The minimum atomic E-state index is -0.604. The molecule has 1 aliphatic heterocycles. The molecule has 0 saturated heterocycles. The van der Waals surface area contributed by atoms with Crippen LogP contribution in [0.15, 0.2) is 64.9 Å². The van der Waals surface area contributed by atoms with Crippen LogP contribution >= 0.6 is 11.3 Å². The standard InChI is InChI=1S/C19H16N2O3S/c1-2-23-19(22)16-15(14-9-6-10-25-14)13(11-20)18(21)24-17(16)12-7-4-3-5-8-12/h3-10,15H,2,21H2,1H3/t15-/m0/s1. The van der Waals surface area contributed by atoms with Crippen molar-refractivity contribution < 1.29 is 14.3 Å². The second-order valence-corrected chi connectivity index (χ2v) is 6.25. The van der Waals surface area contributed by atoms with Gasteiger partial charge in [0, 0.05) is 10.4 Å². The predicted molar refractivity (Wildman–Crippen MR) is 95.0 cm³/mol. The molecule has 1 atom stereocenters. The highest BCUT2D eigenvalue weighted by atomic mass is 32.1. The van der Waals surface area contributed by atoms with E-state index in [2.05, 4.69) is 6.07 Å². The monoisotopic (exact) mass is 352 g/mol. The Bertz CT molecular complexity index is 877. The Balaban J connectivity index is 2.25. The maximum atomic E-state index is 12.7. The third-order valence-corrected chi connectivity index (χ3v) is 4.72. The van der Waals surface area contributed by atoms with Crippen LogP contribution in [0.4, 0.5) is 0 Å². The maximum absolute atomic E-state index is 12.7. The second kappa shape index (κ2) is 7.24. The first-order valence-corrected chi connectivity index (χ1v) is 8.63. The number of esters is 1. The van der Waals surface area contributed by atoms with Crippen LogP contribution in [0.1, 0.15) is 23.3 Å². The van der Waals surface area contributed by atoms with E-state index >= 15 is 0 Å². The lowest BCUT2D eigenvalue weighted by Crippen LogP contribution is -2.25. The summed E-state index contributed by atoms with van der Waals surface area (Å²) in [6.45, 7) is 1.96. The number of nitrogens with zero attached hydrogens (tertiary/aromatic N) is 1. The van der Waals surface area contributed by atoms with E-state index in [0.29, 0.717) is 16.9 Å². The molecular weight excluding hydrogens is 336 g/mol. The van der Waals surface area contributed by atoms with Crippen LogP contribution in [0.5, 0.6) is 0 Å². The summed E-state index contributed by atoms with van der Waals surface area (Å²) in [6.07, 6.45) is 0. The fourth-order valence-electron chi connectivity index (χ4n) is 2.72. The number of carbonyl (C=O) groups excluding carboxylic acids is 1. The van der Waals surface area contributed by atoms with Crippen molar-refractivity contribution in [2.45, 2.75) is 12.8 Å². The molecule has 2 heterocycles. The van der Waals surface area contributed by atoms with Crippen LogP contribution in [-0.2, 0) is 14.3 Å². The van der Waals surface area contributed by atoms with Gasteiger partial charge in [0.15, 0.2) is 0 Å². The molecule has 0 amide bonds. The fraction of sp³-hybridized carbons (Fsp3) is 0.158. The van der Waals surface area contributed by atoms with E-state index in [4.69, 9.17) is 15.2 Å². The summed E-state index contributed by atoms with van der Waals surface area (Å²) < 4.78 is 10.9. The second-order valence-electron chi connectivity index (χ2n) is 5.27.